The van der Waals surface area contributed by atoms with Gasteiger partial charge in [0.15, 0.2) is 12.4 Å². The number of carbonyl (C=O) groups is 2. The highest BCUT2D eigenvalue weighted by Gasteiger charge is 2.44. The van der Waals surface area contributed by atoms with Crippen molar-refractivity contribution in [2.45, 2.75) is 160 Å². The van der Waals surface area contributed by atoms with E-state index in [1.165, 1.54) is 19.3 Å². The molecular weight excluding hydrogens is 737 g/mol. The zero-order valence-electron chi connectivity index (χ0n) is 35.2. The molecule has 326 valence electrons. The Bertz CT molecular complexity index is 1310. The molecule has 1 heterocycles. The van der Waals surface area contributed by atoms with Gasteiger partial charge in [0.2, 0.25) is 0 Å². The van der Waals surface area contributed by atoms with E-state index in [0.29, 0.717) is 19.3 Å². The largest absolute Gasteiger partial charge is 0.462 e. The summed E-state index contributed by atoms with van der Waals surface area (Å²) in [5, 5.41) is 40.0. The van der Waals surface area contributed by atoms with Gasteiger partial charge >= 0.3 is 11.9 Å². The van der Waals surface area contributed by atoms with Crippen LogP contribution < -0.4 is 0 Å². The number of rotatable bonds is 33. The molecule has 3 unspecified atom stereocenters. The molecule has 0 amide bonds. The lowest BCUT2D eigenvalue weighted by molar-refractivity contribution is -0.305. The first-order valence-corrected chi connectivity index (χ1v) is 21.5. The predicted molar refractivity (Wildman–Crippen MR) is 233 cm³/mol. The summed E-state index contributed by atoms with van der Waals surface area (Å²) < 4.78 is 22.0. The number of esters is 2. The van der Waals surface area contributed by atoms with Crippen molar-refractivity contribution in [2.24, 2.45) is 0 Å². The summed E-state index contributed by atoms with van der Waals surface area (Å²) in [7, 11) is 0. The number of carbonyl (C=O) groups excluding carboxylic acids is 2. The summed E-state index contributed by atoms with van der Waals surface area (Å²) >= 11 is 0. The molecule has 1 rings (SSSR count). The van der Waals surface area contributed by atoms with Gasteiger partial charge in [0.25, 0.3) is 0 Å². The second kappa shape index (κ2) is 37.6. The normalized spacial score (nSPS) is 21.2. The van der Waals surface area contributed by atoms with Crippen LogP contribution in [0.25, 0.3) is 0 Å². The minimum Gasteiger partial charge on any atom is -0.462 e. The fourth-order valence-corrected chi connectivity index (χ4v) is 5.68. The maximum Gasteiger partial charge on any atom is 0.306 e. The lowest BCUT2D eigenvalue weighted by atomic mass is 9.99. The standard InChI is InChI=1S/C48H74O10/c1-3-5-7-9-11-13-15-17-18-19-20-21-22-23-25-26-28-30-32-34-36-43(50)55-39-41(40-56-48-47(54)46(53)45(52)42(38-49)58-48)57-44(51)37-35-33-31-29-27-24-16-14-12-10-8-6-4-2/h5-8,10-14,16-18,20-21,24,27,29,31,41-42,45-49,52-54H,3-4,9,15,19,22-23,25-26,28,30,32-40H2,1-2H3/b7-5+,8-6+,12-10+,13-11+,16-14+,18-17+,21-20+,27-24+,31-29+/t41?,42-,45+,46?,47?,48-/m0/s1. The summed E-state index contributed by atoms with van der Waals surface area (Å²) in [5.74, 6) is -0.920. The monoisotopic (exact) mass is 811 g/mol. The van der Waals surface area contributed by atoms with Gasteiger partial charge < -0.3 is 39.4 Å². The van der Waals surface area contributed by atoms with Crippen LogP contribution in [-0.4, -0.2) is 89.0 Å². The van der Waals surface area contributed by atoms with Crippen molar-refractivity contribution < 1.29 is 49.0 Å². The molecule has 58 heavy (non-hydrogen) atoms. The maximum atomic E-state index is 12.7. The van der Waals surface area contributed by atoms with Gasteiger partial charge in [0.05, 0.1) is 13.2 Å². The van der Waals surface area contributed by atoms with Gasteiger partial charge in [-0.15, -0.1) is 0 Å². The summed E-state index contributed by atoms with van der Waals surface area (Å²) in [4.78, 5) is 25.3. The Hall–Kier alpha value is -3.64. The van der Waals surface area contributed by atoms with E-state index in [4.69, 9.17) is 18.9 Å². The van der Waals surface area contributed by atoms with Crippen molar-refractivity contribution in [3.63, 3.8) is 0 Å². The molecule has 0 aliphatic carbocycles. The average molecular weight is 811 g/mol. The predicted octanol–water partition coefficient (Wildman–Crippen LogP) is 8.94. The zero-order chi connectivity index (χ0) is 42.3. The molecule has 1 saturated heterocycles. The molecular formula is C48H74O10. The van der Waals surface area contributed by atoms with Crippen LogP contribution in [0.3, 0.4) is 0 Å². The van der Waals surface area contributed by atoms with Gasteiger partial charge in [-0.05, 0) is 64.2 Å². The molecule has 1 aliphatic heterocycles. The lowest BCUT2D eigenvalue weighted by Crippen LogP contribution is -2.59. The van der Waals surface area contributed by atoms with E-state index in [9.17, 15) is 30.0 Å². The van der Waals surface area contributed by atoms with Crippen molar-refractivity contribution in [1.82, 2.24) is 0 Å². The molecule has 0 radical (unpaired) electrons. The second-order valence-corrected chi connectivity index (χ2v) is 14.2. The van der Waals surface area contributed by atoms with E-state index < -0.39 is 55.4 Å². The van der Waals surface area contributed by atoms with E-state index in [1.54, 1.807) is 0 Å². The van der Waals surface area contributed by atoms with Crippen LogP contribution >= 0.6 is 0 Å². The Morgan fingerprint density at radius 3 is 1.69 bits per heavy atom. The minimum atomic E-state index is -1.62. The number of ether oxygens (including phenoxy) is 4. The van der Waals surface area contributed by atoms with Crippen LogP contribution in [-0.2, 0) is 28.5 Å². The van der Waals surface area contributed by atoms with Crippen molar-refractivity contribution in [3.8, 4) is 0 Å². The summed E-state index contributed by atoms with van der Waals surface area (Å²) in [6, 6.07) is 0. The van der Waals surface area contributed by atoms with Gasteiger partial charge in [-0.25, -0.2) is 0 Å². The molecule has 0 saturated carbocycles. The minimum absolute atomic E-state index is 0.124. The topological polar surface area (TPSA) is 152 Å². The van der Waals surface area contributed by atoms with Crippen LogP contribution in [0.5, 0.6) is 0 Å². The number of unbranched alkanes of at least 4 members (excludes halogenated alkanes) is 8. The van der Waals surface area contributed by atoms with Crippen LogP contribution in [0.4, 0.5) is 0 Å². The third-order valence-electron chi connectivity index (χ3n) is 9.03. The first-order chi connectivity index (χ1) is 28.3. The molecule has 1 aliphatic rings. The number of hydrogen-bond acceptors (Lipinski definition) is 10. The van der Waals surface area contributed by atoms with E-state index in [1.807, 2.05) is 54.7 Å². The fraction of sp³-hybridized carbons (Fsp3) is 0.583. The quantitative estimate of drug-likeness (QED) is 0.0219. The molecule has 10 nitrogen and oxygen atoms in total. The van der Waals surface area contributed by atoms with Crippen molar-refractivity contribution >= 4 is 11.9 Å². The first kappa shape index (κ1) is 52.4. The average Bonchev–Trinajstić information content (AvgIpc) is 3.22. The first-order valence-electron chi connectivity index (χ1n) is 21.5. The Kier molecular flexibility index (Phi) is 34.0. The zero-order valence-corrected chi connectivity index (χ0v) is 35.2. The van der Waals surface area contributed by atoms with E-state index >= 15 is 0 Å². The summed E-state index contributed by atoms with van der Waals surface area (Å²) in [6.45, 7) is 3.05. The molecule has 0 bridgehead atoms. The fourth-order valence-electron chi connectivity index (χ4n) is 5.68. The van der Waals surface area contributed by atoms with Gasteiger partial charge in [0, 0.05) is 12.8 Å². The van der Waals surface area contributed by atoms with Crippen LogP contribution in [0, 0.1) is 0 Å². The SMILES string of the molecule is CC/C=C/C=C/C=C/C=C/C=C/CCCC(=O)OC(COC(=O)CCCCCCCCC/C=C/C/C=C/C/C=C/C/C=C/CC)CO[C@H]1O[C@@H](CO)[C@@H](O)C(O)C1O. The van der Waals surface area contributed by atoms with E-state index in [2.05, 4.69) is 68.5 Å². The van der Waals surface area contributed by atoms with Crippen molar-refractivity contribution in [2.75, 3.05) is 19.8 Å². The van der Waals surface area contributed by atoms with Gasteiger partial charge in [0.1, 0.15) is 31.0 Å². The molecule has 1 fully saturated rings. The third-order valence-corrected chi connectivity index (χ3v) is 9.03. The number of aliphatic hydroxyl groups is 4. The maximum absolute atomic E-state index is 12.7. The van der Waals surface area contributed by atoms with Crippen molar-refractivity contribution in [3.05, 3.63) is 109 Å². The number of aliphatic hydroxyl groups excluding tert-OH is 4. The molecule has 0 aromatic rings. The molecule has 0 spiro atoms. The molecule has 6 atom stereocenters. The van der Waals surface area contributed by atoms with Gasteiger partial charge in [-0.1, -0.05) is 155 Å². The van der Waals surface area contributed by atoms with Crippen molar-refractivity contribution in [1.29, 1.82) is 0 Å². The third kappa shape index (κ3) is 28.7. The Labute approximate surface area is 349 Å². The highest BCUT2D eigenvalue weighted by Crippen LogP contribution is 2.22. The Balaban J connectivity index is 2.38. The molecule has 0 aromatic heterocycles. The smallest absolute Gasteiger partial charge is 0.306 e. The van der Waals surface area contributed by atoms with Gasteiger partial charge in [-0.3, -0.25) is 9.59 Å². The second-order valence-electron chi connectivity index (χ2n) is 14.2. The number of hydrogen-bond donors (Lipinski definition) is 4. The molecule has 10 heteroatoms. The number of allylic oxidation sites excluding steroid dienone is 18. The highest BCUT2D eigenvalue weighted by atomic mass is 16.7. The van der Waals surface area contributed by atoms with E-state index in [0.717, 1.165) is 57.8 Å². The Morgan fingerprint density at radius 1 is 0.552 bits per heavy atom. The van der Waals surface area contributed by atoms with Crippen LogP contribution in [0.2, 0.25) is 0 Å². The highest BCUT2D eigenvalue weighted by molar-refractivity contribution is 5.70. The van der Waals surface area contributed by atoms with Crippen LogP contribution in [0.1, 0.15) is 123 Å². The summed E-state index contributed by atoms with van der Waals surface area (Å²) in [6.07, 6.45) is 43.9. The Morgan fingerprint density at radius 2 is 1.07 bits per heavy atom. The molecule has 4 N–H and O–H groups in total. The van der Waals surface area contributed by atoms with Crippen LogP contribution in [0.15, 0.2) is 109 Å². The van der Waals surface area contributed by atoms with Gasteiger partial charge in [-0.2, -0.15) is 0 Å². The molecule has 0 aromatic carbocycles. The lowest BCUT2D eigenvalue weighted by Gasteiger charge is -2.39. The summed E-state index contributed by atoms with van der Waals surface area (Å²) in [5.41, 5.74) is 0. The van der Waals surface area contributed by atoms with E-state index in [-0.39, 0.29) is 26.1 Å².